The normalized spacial score (nSPS) is 12.2. The van der Waals surface area contributed by atoms with Crippen LogP contribution in [0.3, 0.4) is 0 Å². The number of likely N-dealkylation sites (N-methyl/N-ethyl adjacent to an activating group) is 1. The molecule has 0 spiro atoms. The molecule has 0 saturated carbocycles. The van der Waals surface area contributed by atoms with E-state index in [1.807, 2.05) is 32.9 Å². The zero-order valence-corrected chi connectivity index (χ0v) is 16.4. The van der Waals surface area contributed by atoms with Crippen LogP contribution in [0.1, 0.15) is 36.7 Å². The van der Waals surface area contributed by atoms with Gasteiger partial charge in [0.25, 0.3) is 5.91 Å². The van der Waals surface area contributed by atoms with E-state index in [2.05, 4.69) is 10.3 Å². The first-order valence-electron chi connectivity index (χ1n) is 8.37. The Bertz CT molecular complexity index is 859. The Balaban J connectivity index is 2.15. The summed E-state index contributed by atoms with van der Waals surface area (Å²) < 4.78 is 26.9. The van der Waals surface area contributed by atoms with Gasteiger partial charge < -0.3 is 5.32 Å². The summed E-state index contributed by atoms with van der Waals surface area (Å²) in [5.41, 5.74) is 0.941. The minimum absolute atomic E-state index is 0.108. The molecule has 0 bridgehead atoms. The standard InChI is InChI=1S/C19H25N3O3S/c1-19(2,3)21-18(23)16-6-5-7-17(14-16)26(24,25)22(4)13-10-15-8-11-20-12-9-15/h5-9,11-12,14H,10,13H2,1-4H3,(H,21,23). The molecular formula is C19H25N3O3S. The van der Waals surface area contributed by atoms with Gasteiger partial charge in [0.2, 0.25) is 10.0 Å². The van der Waals surface area contributed by atoms with Gasteiger partial charge in [-0.3, -0.25) is 9.78 Å². The number of nitrogens with zero attached hydrogens (tertiary/aromatic N) is 2. The van der Waals surface area contributed by atoms with Crippen molar-refractivity contribution in [3.63, 3.8) is 0 Å². The number of rotatable bonds is 6. The number of nitrogens with one attached hydrogen (secondary N) is 1. The van der Waals surface area contributed by atoms with Crippen molar-refractivity contribution in [1.29, 1.82) is 0 Å². The van der Waals surface area contributed by atoms with Crippen molar-refractivity contribution < 1.29 is 13.2 Å². The molecule has 2 aromatic rings. The van der Waals surface area contributed by atoms with Crippen LogP contribution in [-0.4, -0.2) is 42.7 Å². The lowest BCUT2D eigenvalue weighted by molar-refractivity contribution is 0.0919. The molecule has 7 heteroatoms. The van der Waals surface area contributed by atoms with Crippen LogP contribution in [0.25, 0.3) is 0 Å². The van der Waals surface area contributed by atoms with E-state index in [0.29, 0.717) is 18.5 Å². The lowest BCUT2D eigenvalue weighted by atomic mass is 10.1. The van der Waals surface area contributed by atoms with Crippen LogP contribution in [0.15, 0.2) is 53.7 Å². The molecule has 0 radical (unpaired) electrons. The third kappa shape index (κ3) is 5.37. The van der Waals surface area contributed by atoms with E-state index in [-0.39, 0.29) is 10.8 Å². The van der Waals surface area contributed by atoms with Crippen LogP contribution in [0.2, 0.25) is 0 Å². The zero-order chi connectivity index (χ0) is 19.4. The van der Waals surface area contributed by atoms with Crippen molar-refractivity contribution in [2.75, 3.05) is 13.6 Å². The summed E-state index contributed by atoms with van der Waals surface area (Å²) in [7, 11) is -2.13. The van der Waals surface area contributed by atoms with Gasteiger partial charge >= 0.3 is 0 Å². The SMILES string of the molecule is CN(CCc1ccncc1)S(=O)(=O)c1cccc(C(=O)NC(C)(C)C)c1. The highest BCUT2D eigenvalue weighted by atomic mass is 32.2. The maximum atomic E-state index is 12.8. The minimum atomic E-state index is -3.67. The Hall–Kier alpha value is -2.25. The molecule has 1 heterocycles. The highest BCUT2D eigenvalue weighted by molar-refractivity contribution is 7.89. The lowest BCUT2D eigenvalue weighted by Gasteiger charge is -2.21. The second-order valence-electron chi connectivity index (χ2n) is 7.16. The van der Waals surface area contributed by atoms with E-state index >= 15 is 0 Å². The number of pyridine rings is 1. The third-order valence-electron chi connectivity index (χ3n) is 3.76. The molecule has 0 saturated heterocycles. The Morgan fingerprint density at radius 2 is 1.81 bits per heavy atom. The van der Waals surface area contributed by atoms with Gasteiger partial charge in [0.15, 0.2) is 0 Å². The molecular weight excluding hydrogens is 350 g/mol. The van der Waals surface area contributed by atoms with Crippen LogP contribution in [-0.2, 0) is 16.4 Å². The summed E-state index contributed by atoms with van der Waals surface area (Å²) >= 11 is 0. The molecule has 2 rings (SSSR count). The predicted octanol–water partition coefficient (Wildman–Crippen LogP) is 2.47. The number of carbonyl (C=O) groups is 1. The van der Waals surface area contributed by atoms with E-state index < -0.39 is 15.6 Å². The summed E-state index contributed by atoms with van der Waals surface area (Å²) in [5.74, 6) is -0.297. The number of carbonyl (C=O) groups excluding carboxylic acids is 1. The lowest BCUT2D eigenvalue weighted by Crippen LogP contribution is -2.40. The van der Waals surface area contributed by atoms with Gasteiger partial charge in [0, 0.05) is 37.1 Å². The van der Waals surface area contributed by atoms with Gasteiger partial charge in [-0.1, -0.05) is 6.07 Å². The maximum Gasteiger partial charge on any atom is 0.251 e. The van der Waals surface area contributed by atoms with Crippen molar-refractivity contribution in [3.05, 3.63) is 59.9 Å². The van der Waals surface area contributed by atoms with Crippen LogP contribution >= 0.6 is 0 Å². The molecule has 140 valence electrons. The zero-order valence-electron chi connectivity index (χ0n) is 15.6. The van der Waals surface area contributed by atoms with Crippen molar-refractivity contribution >= 4 is 15.9 Å². The molecule has 1 aromatic heterocycles. The van der Waals surface area contributed by atoms with E-state index in [0.717, 1.165) is 5.56 Å². The summed E-state index contributed by atoms with van der Waals surface area (Å²) in [4.78, 5) is 16.4. The summed E-state index contributed by atoms with van der Waals surface area (Å²) in [6.07, 6.45) is 3.95. The number of amides is 1. The molecule has 0 aliphatic rings. The first kappa shape index (κ1) is 20.1. The number of hydrogen-bond acceptors (Lipinski definition) is 4. The fourth-order valence-corrected chi connectivity index (χ4v) is 3.56. The van der Waals surface area contributed by atoms with Gasteiger partial charge in [-0.25, -0.2) is 12.7 Å². The third-order valence-corrected chi connectivity index (χ3v) is 5.61. The van der Waals surface area contributed by atoms with Crippen molar-refractivity contribution in [2.24, 2.45) is 0 Å². The number of hydrogen-bond donors (Lipinski definition) is 1. The van der Waals surface area contributed by atoms with Gasteiger partial charge in [0.05, 0.1) is 4.90 Å². The van der Waals surface area contributed by atoms with E-state index in [1.54, 1.807) is 31.6 Å². The molecule has 1 amide bonds. The molecule has 0 aliphatic heterocycles. The first-order valence-corrected chi connectivity index (χ1v) is 9.81. The topological polar surface area (TPSA) is 79.4 Å². The summed E-state index contributed by atoms with van der Waals surface area (Å²) in [6.45, 7) is 5.96. The van der Waals surface area contributed by atoms with Gasteiger partial charge in [-0.05, 0) is 63.1 Å². The maximum absolute atomic E-state index is 12.8. The molecule has 0 fully saturated rings. The van der Waals surface area contributed by atoms with Gasteiger partial charge in [0.1, 0.15) is 0 Å². The van der Waals surface area contributed by atoms with E-state index in [4.69, 9.17) is 0 Å². The molecule has 0 atom stereocenters. The Kier molecular flexibility index (Phi) is 6.15. The van der Waals surface area contributed by atoms with E-state index in [1.165, 1.54) is 16.4 Å². The van der Waals surface area contributed by atoms with Crippen molar-refractivity contribution in [1.82, 2.24) is 14.6 Å². The smallest absolute Gasteiger partial charge is 0.251 e. The average molecular weight is 375 g/mol. The molecule has 1 aromatic carbocycles. The Morgan fingerprint density at radius 3 is 2.42 bits per heavy atom. The number of benzene rings is 1. The van der Waals surface area contributed by atoms with E-state index in [9.17, 15) is 13.2 Å². The Morgan fingerprint density at radius 1 is 1.15 bits per heavy atom. The molecule has 1 N–H and O–H groups in total. The molecule has 26 heavy (non-hydrogen) atoms. The van der Waals surface area contributed by atoms with Crippen LogP contribution in [0.4, 0.5) is 0 Å². The highest BCUT2D eigenvalue weighted by Gasteiger charge is 2.22. The quantitative estimate of drug-likeness (QED) is 0.841. The van der Waals surface area contributed by atoms with Crippen molar-refractivity contribution in [3.8, 4) is 0 Å². The number of sulfonamides is 1. The highest BCUT2D eigenvalue weighted by Crippen LogP contribution is 2.17. The monoisotopic (exact) mass is 375 g/mol. The summed E-state index contributed by atoms with van der Waals surface area (Å²) in [5, 5.41) is 2.84. The Labute approximate surface area is 155 Å². The second-order valence-corrected chi connectivity index (χ2v) is 9.21. The summed E-state index contributed by atoms with van der Waals surface area (Å²) in [6, 6.07) is 9.83. The number of aromatic nitrogens is 1. The van der Waals surface area contributed by atoms with Crippen LogP contribution < -0.4 is 5.32 Å². The van der Waals surface area contributed by atoms with Gasteiger partial charge in [-0.2, -0.15) is 0 Å². The van der Waals surface area contributed by atoms with Crippen LogP contribution in [0.5, 0.6) is 0 Å². The largest absolute Gasteiger partial charge is 0.347 e. The van der Waals surface area contributed by atoms with Crippen molar-refractivity contribution in [2.45, 2.75) is 37.6 Å². The predicted molar refractivity (Wildman–Crippen MR) is 101 cm³/mol. The minimum Gasteiger partial charge on any atom is -0.347 e. The molecule has 0 aliphatic carbocycles. The molecule has 0 unspecified atom stereocenters. The fourth-order valence-electron chi connectivity index (χ4n) is 2.35. The fraction of sp³-hybridized carbons (Fsp3) is 0.368. The van der Waals surface area contributed by atoms with Gasteiger partial charge in [-0.15, -0.1) is 0 Å². The molecule has 6 nitrogen and oxygen atoms in total. The average Bonchev–Trinajstić information content (AvgIpc) is 2.59. The van der Waals surface area contributed by atoms with Crippen LogP contribution in [0, 0.1) is 0 Å². The second kappa shape index (κ2) is 7.97. The first-order chi connectivity index (χ1) is 12.1.